The lowest BCUT2D eigenvalue weighted by Gasteiger charge is -2.24. The van der Waals surface area contributed by atoms with Gasteiger partial charge in [0.2, 0.25) is 0 Å². The van der Waals surface area contributed by atoms with Crippen molar-refractivity contribution in [1.82, 2.24) is 9.80 Å². The fourth-order valence-electron chi connectivity index (χ4n) is 2.97. The first kappa shape index (κ1) is 17.4. The maximum absolute atomic E-state index is 11.7. The number of likely N-dealkylation sites (N-methyl/N-ethyl adjacent to an activating group) is 1. The predicted octanol–water partition coefficient (Wildman–Crippen LogP) is 0.929. The summed E-state index contributed by atoms with van der Waals surface area (Å²) in [5, 5.41) is 0. The molecule has 1 fully saturated rings. The number of hydrogen-bond donors (Lipinski definition) is 1. The SMILES string of the molecule is CCOC(=O)C(C)(N)CCCN1CC(C)C(N(C)C)C1. The standard InChI is InChI=1S/C15H31N3O2/c1-6-20-14(19)15(3,16)8-7-9-18-10-12(2)13(11-18)17(4)5/h12-13H,6-11,16H2,1-5H3. The molecule has 3 unspecified atom stereocenters. The van der Waals surface area contributed by atoms with Gasteiger partial charge >= 0.3 is 5.97 Å². The van der Waals surface area contributed by atoms with Crippen LogP contribution in [0.5, 0.6) is 0 Å². The van der Waals surface area contributed by atoms with Crippen LogP contribution in [0, 0.1) is 5.92 Å². The van der Waals surface area contributed by atoms with E-state index < -0.39 is 5.54 Å². The first-order valence-electron chi connectivity index (χ1n) is 7.62. The number of rotatable bonds is 7. The first-order valence-corrected chi connectivity index (χ1v) is 7.62. The number of esters is 1. The average Bonchev–Trinajstić information content (AvgIpc) is 2.70. The van der Waals surface area contributed by atoms with Crippen molar-refractivity contribution in [3.63, 3.8) is 0 Å². The highest BCUT2D eigenvalue weighted by atomic mass is 16.5. The Kier molecular flexibility index (Phi) is 6.43. The predicted molar refractivity (Wildman–Crippen MR) is 81.5 cm³/mol. The van der Waals surface area contributed by atoms with Gasteiger partial charge in [-0.2, -0.15) is 0 Å². The molecule has 1 heterocycles. The van der Waals surface area contributed by atoms with E-state index in [-0.39, 0.29) is 5.97 Å². The van der Waals surface area contributed by atoms with Crippen LogP contribution in [0.4, 0.5) is 0 Å². The van der Waals surface area contributed by atoms with Gasteiger partial charge in [0.25, 0.3) is 0 Å². The third-order valence-corrected chi connectivity index (χ3v) is 4.22. The fraction of sp³-hybridized carbons (Fsp3) is 0.933. The van der Waals surface area contributed by atoms with E-state index in [2.05, 4.69) is 30.8 Å². The molecule has 0 saturated carbocycles. The van der Waals surface area contributed by atoms with Gasteiger partial charge in [0.05, 0.1) is 6.61 Å². The zero-order valence-corrected chi connectivity index (χ0v) is 13.7. The number of likely N-dealkylation sites (tertiary alicyclic amines) is 1. The van der Waals surface area contributed by atoms with Crippen LogP contribution in [0.15, 0.2) is 0 Å². The molecule has 0 spiro atoms. The molecule has 20 heavy (non-hydrogen) atoms. The highest BCUT2D eigenvalue weighted by Crippen LogP contribution is 2.21. The normalized spacial score (nSPS) is 26.8. The summed E-state index contributed by atoms with van der Waals surface area (Å²) in [5.41, 5.74) is 5.17. The molecule has 0 aromatic rings. The molecule has 1 aliphatic rings. The van der Waals surface area contributed by atoms with Crippen LogP contribution in [0.25, 0.3) is 0 Å². The number of hydrogen-bond acceptors (Lipinski definition) is 5. The van der Waals surface area contributed by atoms with Crippen LogP contribution >= 0.6 is 0 Å². The summed E-state index contributed by atoms with van der Waals surface area (Å²) in [6.45, 7) is 9.50. The fourth-order valence-corrected chi connectivity index (χ4v) is 2.97. The van der Waals surface area contributed by atoms with Crippen molar-refractivity contribution in [2.75, 3.05) is 40.3 Å². The monoisotopic (exact) mass is 285 g/mol. The zero-order valence-electron chi connectivity index (χ0n) is 13.7. The first-order chi connectivity index (χ1) is 9.27. The van der Waals surface area contributed by atoms with Gasteiger partial charge in [-0.25, -0.2) is 0 Å². The minimum Gasteiger partial charge on any atom is -0.465 e. The van der Waals surface area contributed by atoms with Gasteiger partial charge in [-0.05, 0) is 53.2 Å². The third-order valence-electron chi connectivity index (χ3n) is 4.22. The number of ether oxygens (including phenoxy) is 1. The highest BCUT2D eigenvalue weighted by molar-refractivity contribution is 5.79. The molecule has 1 aliphatic heterocycles. The van der Waals surface area contributed by atoms with E-state index in [1.54, 1.807) is 13.8 Å². The molecule has 0 aliphatic carbocycles. The van der Waals surface area contributed by atoms with Crippen molar-refractivity contribution in [3.8, 4) is 0 Å². The Balaban J connectivity index is 2.33. The Morgan fingerprint density at radius 3 is 2.60 bits per heavy atom. The Bertz CT molecular complexity index is 318. The van der Waals surface area contributed by atoms with Gasteiger partial charge in [-0.3, -0.25) is 4.79 Å². The van der Waals surface area contributed by atoms with E-state index >= 15 is 0 Å². The lowest BCUT2D eigenvalue weighted by molar-refractivity contribution is -0.149. The zero-order chi connectivity index (χ0) is 15.3. The molecule has 118 valence electrons. The molecule has 0 radical (unpaired) electrons. The Hall–Kier alpha value is -0.650. The second-order valence-electron chi connectivity index (χ2n) is 6.51. The Morgan fingerprint density at radius 1 is 1.45 bits per heavy atom. The van der Waals surface area contributed by atoms with Crippen molar-refractivity contribution < 1.29 is 9.53 Å². The summed E-state index contributed by atoms with van der Waals surface area (Å²) < 4.78 is 5.01. The topological polar surface area (TPSA) is 58.8 Å². The second kappa shape index (κ2) is 7.38. The molecular formula is C15H31N3O2. The van der Waals surface area contributed by atoms with Gasteiger partial charge in [0, 0.05) is 19.1 Å². The van der Waals surface area contributed by atoms with Crippen LogP contribution in [-0.4, -0.2) is 67.7 Å². The maximum Gasteiger partial charge on any atom is 0.325 e. The van der Waals surface area contributed by atoms with E-state index in [0.29, 0.717) is 25.0 Å². The van der Waals surface area contributed by atoms with Crippen LogP contribution in [0.3, 0.4) is 0 Å². The van der Waals surface area contributed by atoms with Crippen LogP contribution in [0.1, 0.15) is 33.6 Å². The van der Waals surface area contributed by atoms with Crippen molar-refractivity contribution >= 4 is 5.97 Å². The minimum atomic E-state index is -0.859. The van der Waals surface area contributed by atoms with Crippen LogP contribution in [0.2, 0.25) is 0 Å². The Labute approximate surface area is 123 Å². The van der Waals surface area contributed by atoms with E-state index in [4.69, 9.17) is 10.5 Å². The summed E-state index contributed by atoms with van der Waals surface area (Å²) in [7, 11) is 4.28. The lowest BCUT2D eigenvalue weighted by atomic mass is 9.97. The molecule has 5 nitrogen and oxygen atoms in total. The van der Waals surface area contributed by atoms with Gasteiger partial charge in [-0.1, -0.05) is 6.92 Å². The van der Waals surface area contributed by atoms with E-state index in [1.807, 2.05) is 0 Å². The molecule has 5 heteroatoms. The maximum atomic E-state index is 11.7. The molecule has 1 saturated heterocycles. The third kappa shape index (κ3) is 4.72. The molecule has 2 N–H and O–H groups in total. The Morgan fingerprint density at radius 2 is 2.10 bits per heavy atom. The highest BCUT2D eigenvalue weighted by Gasteiger charge is 2.32. The summed E-state index contributed by atoms with van der Waals surface area (Å²) in [4.78, 5) is 16.5. The van der Waals surface area contributed by atoms with Crippen molar-refractivity contribution in [2.24, 2.45) is 11.7 Å². The number of nitrogens with zero attached hydrogens (tertiary/aromatic N) is 2. The van der Waals surface area contributed by atoms with Crippen molar-refractivity contribution in [3.05, 3.63) is 0 Å². The largest absolute Gasteiger partial charge is 0.465 e. The number of nitrogens with two attached hydrogens (primary N) is 1. The average molecular weight is 285 g/mol. The van der Waals surface area contributed by atoms with Crippen molar-refractivity contribution in [1.29, 1.82) is 0 Å². The van der Waals surface area contributed by atoms with Gasteiger partial charge < -0.3 is 20.3 Å². The lowest BCUT2D eigenvalue weighted by Crippen LogP contribution is -2.46. The summed E-state index contributed by atoms with van der Waals surface area (Å²) in [6.07, 6.45) is 1.60. The molecule has 3 atom stereocenters. The summed E-state index contributed by atoms with van der Waals surface area (Å²) >= 11 is 0. The molecule has 0 bridgehead atoms. The van der Waals surface area contributed by atoms with Gasteiger partial charge in [0.1, 0.15) is 5.54 Å². The summed E-state index contributed by atoms with van der Waals surface area (Å²) in [5.74, 6) is 0.403. The van der Waals surface area contributed by atoms with Crippen molar-refractivity contribution in [2.45, 2.75) is 45.2 Å². The molecular weight excluding hydrogens is 254 g/mol. The summed E-state index contributed by atoms with van der Waals surface area (Å²) in [6, 6.07) is 0.629. The second-order valence-corrected chi connectivity index (χ2v) is 6.51. The van der Waals surface area contributed by atoms with E-state index in [9.17, 15) is 4.79 Å². The minimum absolute atomic E-state index is 0.291. The number of carbonyl (C=O) groups excluding carboxylic acids is 1. The molecule has 1 rings (SSSR count). The van der Waals surface area contributed by atoms with Gasteiger partial charge in [-0.15, -0.1) is 0 Å². The van der Waals surface area contributed by atoms with Gasteiger partial charge in [0.15, 0.2) is 0 Å². The van der Waals surface area contributed by atoms with E-state index in [0.717, 1.165) is 26.1 Å². The van der Waals surface area contributed by atoms with Crippen LogP contribution in [-0.2, 0) is 9.53 Å². The van der Waals surface area contributed by atoms with Crippen LogP contribution < -0.4 is 5.73 Å². The molecule has 0 amide bonds. The quantitative estimate of drug-likeness (QED) is 0.705. The molecule has 0 aromatic heterocycles. The smallest absolute Gasteiger partial charge is 0.325 e. The number of carbonyl (C=O) groups is 1. The van der Waals surface area contributed by atoms with E-state index in [1.165, 1.54) is 0 Å². The molecule has 0 aromatic carbocycles.